The lowest BCUT2D eigenvalue weighted by atomic mass is 10.1. The lowest BCUT2D eigenvalue weighted by molar-refractivity contribution is -0.123. The predicted octanol–water partition coefficient (Wildman–Crippen LogP) is 1.50. The highest BCUT2D eigenvalue weighted by molar-refractivity contribution is 7.16. The van der Waals surface area contributed by atoms with Crippen molar-refractivity contribution in [3.05, 3.63) is 21.3 Å². The van der Waals surface area contributed by atoms with Crippen molar-refractivity contribution in [3.8, 4) is 0 Å². The van der Waals surface area contributed by atoms with Crippen LogP contribution >= 0.6 is 22.9 Å². The Balaban J connectivity index is 1.91. The lowest BCUT2D eigenvalue weighted by Crippen LogP contribution is -2.47. The lowest BCUT2D eigenvalue weighted by Gasteiger charge is -2.22. The molecule has 0 bridgehead atoms. The van der Waals surface area contributed by atoms with Crippen LogP contribution in [0.1, 0.15) is 4.88 Å². The summed E-state index contributed by atoms with van der Waals surface area (Å²) in [5.41, 5.74) is 0. The van der Waals surface area contributed by atoms with E-state index in [0.29, 0.717) is 19.6 Å². The fourth-order valence-electron chi connectivity index (χ4n) is 1.51. The van der Waals surface area contributed by atoms with Gasteiger partial charge in [-0.2, -0.15) is 0 Å². The molecule has 5 heteroatoms. The molecule has 0 amide bonds. The first kappa shape index (κ1) is 11.1. The van der Waals surface area contributed by atoms with Crippen LogP contribution in [-0.2, 0) is 16.0 Å². The zero-order chi connectivity index (χ0) is 10.7. The Bertz CT molecular complexity index is 347. The van der Waals surface area contributed by atoms with Crippen LogP contribution in [0.15, 0.2) is 12.1 Å². The highest BCUT2D eigenvalue weighted by Crippen LogP contribution is 2.22. The molecule has 1 saturated heterocycles. The van der Waals surface area contributed by atoms with Gasteiger partial charge in [-0.05, 0) is 12.1 Å². The van der Waals surface area contributed by atoms with Gasteiger partial charge in [0.2, 0.25) is 0 Å². The first-order valence-corrected chi connectivity index (χ1v) is 6.03. The van der Waals surface area contributed by atoms with Crippen LogP contribution in [0.2, 0.25) is 4.34 Å². The molecule has 2 heterocycles. The van der Waals surface area contributed by atoms with Gasteiger partial charge in [0.25, 0.3) is 0 Å². The van der Waals surface area contributed by atoms with Crippen LogP contribution in [0.4, 0.5) is 0 Å². The SMILES string of the molecule is O=C(Cc1ccc(Cl)s1)C1COCCN1. The van der Waals surface area contributed by atoms with Crippen LogP contribution in [0, 0.1) is 0 Å². The number of thiophene rings is 1. The standard InChI is InChI=1S/C10H12ClNO2S/c11-10-2-1-7(15-10)5-9(13)8-6-14-4-3-12-8/h1-2,8,12H,3-6H2. The number of carbonyl (C=O) groups excluding carboxylic acids is 1. The van der Waals surface area contributed by atoms with Gasteiger partial charge in [0.05, 0.1) is 23.6 Å². The van der Waals surface area contributed by atoms with Crippen molar-refractivity contribution in [3.63, 3.8) is 0 Å². The molecule has 1 N–H and O–H groups in total. The summed E-state index contributed by atoms with van der Waals surface area (Å²) >= 11 is 7.25. The van der Waals surface area contributed by atoms with E-state index in [1.165, 1.54) is 11.3 Å². The number of hydrogen-bond donors (Lipinski definition) is 1. The van der Waals surface area contributed by atoms with E-state index in [9.17, 15) is 4.79 Å². The van der Waals surface area contributed by atoms with E-state index in [4.69, 9.17) is 16.3 Å². The molecule has 82 valence electrons. The molecule has 0 saturated carbocycles. The van der Waals surface area contributed by atoms with Crippen molar-refractivity contribution >= 4 is 28.7 Å². The average Bonchev–Trinajstić information content (AvgIpc) is 2.65. The van der Waals surface area contributed by atoms with Crippen LogP contribution in [-0.4, -0.2) is 31.6 Å². The van der Waals surface area contributed by atoms with Gasteiger partial charge in [-0.3, -0.25) is 4.79 Å². The maximum atomic E-state index is 11.8. The minimum Gasteiger partial charge on any atom is -0.378 e. The monoisotopic (exact) mass is 245 g/mol. The summed E-state index contributed by atoms with van der Waals surface area (Å²) in [5.74, 6) is 0.174. The maximum absolute atomic E-state index is 11.8. The summed E-state index contributed by atoms with van der Waals surface area (Å²) in [5, 5.41) is 3.14. The largest absolute Gasteiger partial charge is 0.378 e. The Hall–Kier alpha value is -0.420. The molecule has 0 spiro atoms. The number of nitrogens with one attached hydrogen (secondary N) is 1. The fourth-order valence-corrected chi connectivity index (χ4v) is 2.61. The smallest absolute Gasteiger partial charge is 0.157 e. The molecule has 3 nitrogen and oxygen atoms in total. The Kier molecular flexibility index (Phi) is 3.75. The average molecular weight is 246 g/mol. The van der Waals surface area contributed by atoms with Gasteiger partial charge >= 0.3 is 0 Å². The van der Waals surface area contributed by atoms with Crippen molar-refractivity contribution in [2.45, 2.75) is 12.5 Å². The summed E-state index contributed by atoms with van der Waals surface area (Å²) in [4.78, 5) is 12.8. The normalized spacial score (nSPS) is 21.5. The quantitative estimate of drug-likeness (QED) is 0.877. The van der Waals surface area contributed by atoms with Crippen molar-refractivity contribution < 1.29 is 9.53 Å². The Morgan fingerprint density at radius 1 is 1.67 bits per heavy atom. The van der Waals surface area contributed by atoms with Gasteiger partial charge in [-0.1, -0.05) is 11.6 Å². The van der Waals surface area contributed by atoms with Crippen molar-refractivity contribution in [1.29, 1.82) is 0 Å². The minimum absolute atomic E-state index is 0.153. The fraction of sp³-hybridized carbons (Fsp3) is 0.500. The second kappa shape index (κ2) is 5.07. The number of ether oxygens (including phenoxy) is 1. The predicted molar refractivity (Wildman–Crippen MR) is 60.6 cm³/mol. The van der Waals surface area contributed by atoms with Crippen molar-refractivity contribution in [2.75, 3.05) is 19.8 Å². The molecule has 0 aliphatic carbocycles. The number of carbonyl (C=O) groups is 1. The van der Waals surface area contributed by atoms with E-state index in [0.717, 1.165) is 15.8 Å². The molecule has 0 radical (unpaired) electrons. The summed E-state index contributed by atoms with van der Waals surface area (Å²) in [6.07, 6.45) is 0.443. The van der Waals surface area contributed by atoms with Crippen LogP contribution in [0.3, 0.4) is 0 Å². The van der Waals surface area contributed by atoms with E-state index < -0.39 is 0 Å². The van der Waals surface area contributed by atoms with E-state index >= 15 is 0 Å². The molecule has 1 aromatic heterocycles. The molecule has 1 fully saturated rings. The van der Waals surface area contributed by atoms with Gasteiger partial charge in [0.15, 0.2) is 5.78 Å². The van der Waals surface area contributed by atoms with Gasteiger partial charge < -0.3 is 10.1 Å². The van der Waals surface area contributed by atoms with Crippen LogP contribution < -0.4 is 5.32 Å². The molecular weight excluding hydrogens is 234 g/mol. The Morgan fingerprint density at radius 3 is 3.13 bits per heavy atom. The van der Waals surface area contributed by atoms with Gasteiger partial charge in [0.1, 0.15) is 0 Å². The number of halogens is 1. The molecule has 1 aliphatic heterocycles. The molecule has 1 unspecified atom stereocenters. The summed E-state index contributed by atoms with van der Waals surface area (Å²) in [6, 6.07) is 3.56. The topological polar surface area (TPSA) is 38.3 Å². The van der Waals surface area contributed by atoms with Gasteiger partial charge in [-0.15, -0.1) is 11.3 Å². The van der Waals surface area contributed by atoms with E-state index in [1.807, 2.05) is 12.1 Å². The third kappa shape index (κ3) is 3.01. The summed E-state index contributed by atoms with van der Waals surface area (Å²) in [7, 11) is 0. The first-order chi connectivity index (χ1) is 7.25. The highest BCUT2D eigenvalue weighted by atomic mass is 35.5. The molecule has 1 aromatic rings. The van der Waals surface area contributed by atoms with Gasteiger partial charge in [0, 0.05) is 17.8 Å². The zero-order valence-corrected chi connectivity index (χ0v) is 9.74. The Labute approximate surface area is 97.4 Å². The molecule has 1 aliphatic rings. The first-order valence-electron chi connectivity index (χ1n) is 4.84. The summed E-state index contributed by atoms with van der Waals surface area (Å²) < 4.78 is 5.97. The third-order valence-electron chi connectivity index (χ3n) is 2.29. The highest BCUT2D eigenvalue weighted by Gasteiger charge is 2.21. The number of rotatable bonds is 3. The zero-order valence-electron chi connectivity index (χ0n) is 8.16. The van der Waals surface area contributed by atoms with Crippen LogP contribution in [0.25, 0.3) is 0 Å². The van der Waals surface area contributed by atoms with E-state index in [2.05, 4.69) is 5.32 Å². The molecule has 1 atom stereocenters. The number of ketones is 1. The minimum atomic E-state index is -0.153. The molecule has 0 aromatic carbocycles. The van der Waals surface area contributed by atoms with E-state index in [1.54, 1.807) is 0 Å². The molecule has 15 heavy (non-hydrogen) atoms. The molecular formula is C10H12ClNO2S. The Morgan fingerprint density at radius 2 is 2.53 bits per heavy atom. The maximum Gasteiger partial charge on any atom is 0.157 e. The molecule has 2 rings (SSSR count). The third-order valence-corrected chi connectivity index (χ3v) is 3.52. The van der Waals surface area contributed by atoms with Gasteiger partial charge in [-0.25, -0.2) is 0 Å². The van der Waals surface area contributed by atoms with Crippen molar-refractivity contribution in [1.82, 2.24) is 5.32 Å². The number of morpholine rings is 1. The van der Waals surface area contributed by atoms with E-state index in [-0.39, 0.29) is 11.8 Å². The number of Topliss-reactive ketones (excluding diaryl/α,β-unsaturated/α-hetero) is 1. The summed E-state index contributed by atoms with van der Waals surface area (Å²) in [6.45, 7) is 1.92. The second-order valence-electron chi connectivity index (χ2n) is 3.43. The number of hydrogen-bond acceptors (Lipinski definition) is 4. The second-order valence-corrected chi connectivity index (χ2v) is 5.23. The van der Waals surface area contributed by atoms with Crippen LogP contribution in [0.5, 0.6) is 0 Å². The van der Waals surface area contributed by atoms with Crippen molar-refractivity contribution in [2.24, 2.45) is 0 Å².